The van der Waals surface area contributed by atoms with Crippen LogP contribution in [0.3, 0.4) is 0 Å². The minimum Gasteiger partial charge on any atom is -0.507 e. The Bertz CT molecular complexity index is 568. The number of benzene rings is 1. The molecular weight excluding hydrogens is 292 g/mol. The Hall–Kier alpha value is -1.68. The third kappa shape index (κ3) is 3.17. The van der Waals surface area contributed by atoms with Crippen LogP contribution < -0.4 is 0 Å². The van der Waals surface area contributed by atoms with E-state index in [1.165, 1.54) is 0 Å². The summed E-state index contributed by atoms with van der Waals surface area (Å²) in [6, 6.07) is 9.29. The first-order valence-corrected chi connectivity index (χ1v) is 6.35. The Morgan fingerprint density at radius 2 is 2.22 bits per heavy atom. The van der Waals surface area contributed by atoms with E-state index in [2.05, 4.69) is 25.9 Å². The number of hydrogen-bond donors (Lipinski definition) is 1. The number of phenols is 1. The molecule has 0 bridgehead atoms. The molecule has 0 radical (unpaired) electrons. The number of aromatic hydroxyl groups is 1. The van der Waals surface area contributed by atoms with Gasteiger partial charge in [0.2, 0.25) is 0 Å². The van der Waals surface area contributed by atoms with Crippen molar-refractivity contribution in [3.8, 4) is 5.75 Å². The smallest absolute Gasteiger partial charge is 0.124 e. The second-order valence-electron chi connectivity index (χ2n) is 3.95. The lowest BCUT2D eigenvalue weighted by Gasteiger charge is -2.03. The third-order valence-corrected chi connectivity index (χ3v) is 3.37. The summed E-state index contributed by atoms with van der Waals surface area (Å²) in [5, 5.41) is 9.79. The summed E-state index contributed by atoms with van der Waals surface area (Å²) in [6.45, 7) is 2.43. The van der Waals surface area contributed by atoms with Gasteiger partial charge < -0.3 is 5.11 Å². The molecule has 0 unspecified atom stereocenters. The Kier molecular flexibility index (Phi) is 4.10. The number of pyridine rings is 1. The number of hydrogen-bond acceptors (Lipinski definition) is 3. The SMILES string of the molecule is Cc1cc(O)c(C=NCc2ccccn2)cc1Br. The maximum atomic E-state index is 9.79. The molecule has 0 aliphatic carbocycles. The highest BCUT2D eigenvalue weighted by atomic mass is 79.9. The molecule has 3 nitrogen and oxygen atoms in total. The van der Waals surface area contributed by atoms with Gasteiger partial charge in [0, 0.05) is 22.4 Å². The zero-order chi connectivity index (χ0) is 13.0. The lowest BCUT2D eigenvalue weighted by Crippen LogP contribution is -1.89. The molecule has 92 valence electrons. The second-order valence-corrected chi connectivity index (χ2v) is 4.81. The molecule has 1 heterocycles. The number of phenolic OH excluding ortho intramolecular Hbond substituents is 1. The Balaban J connectivity index is 2.12. The molecule has 1 aromatic heterocycles. The van der Waals surface area contributed by atoms with Crippen molar-refractivity contribution < 1.29 is 5.11 Å². The highest BCUT2D eigenvalue weighted by Gasteiger charge is 2.02. The van der Waals surface area contributed by atoms with Crippen LogP contribution in [0.2, 0.25) is 0 Å². The third-order valence-electron chi connectivity index (χ3n) is 2.52. The summed E-state index contributed by atoms with van der Waals surface area (Å²) in [5.41, 5.74) is 2.59. The van der Waals surface area contributed by atoms with Crippen LogP contribution in [0, 0.1) is 6.92 Å². The van der Waals surface area contributed by atoms with Gasteiger partial charge in [0.15, 0.2) is 0 Å². The van der Waals surface area contributed by atoms with Crippen LogP contribution in [0.15, 0.2) is 46.0 Å². The number of halogens is 1. The molecule has 2 aromatic rings. The molecule has 18 heavy (non-hydrogen) atoms. The molecule has 0 saturated carbocycles. The van der Waals surface area contributed by atoms with Gasteiger partial charge >= 0.3 is 0 Å². The van der Waals surface area contributed by atoms with E-state index < -0.39 is 0 Å². The molecule has 1 N–H and O–H groups in total. The molecule has 4 heteroatoms. The first kappa shape index (κ1) is 12.8. The summed E-state index contributed by atoms with van der Waals surface area (Å²) < 4.78 is 0.958. The van der Waals surface area contributed by atoms with E-state index in [1.54, 1.807) is 18.5 Å². The van der Waals surface area contributed by atoms with Crippen LogP contribution in [0.5, 0.6) is 5.75 Å². The van der Waals surface area contributed by atoms with Crippen molar-refractivity contribution in [2.24, 2.45) is 4.99 Å². The van der Waals surface area contributed by atoms with Gasteiger partial charge in [0.1, 0.15) is 5.75 Å². The number of aryl methyl sites for hydroxylation is 1. The summed E-state index contributed by atoms with van der Waals surface area (Å²) in [4.78, 5) is 8.45. The average molecular weight is 305 g/mol. The Morgan fingerprint density at radius 3 is 2.94 bits per heavy atom. The minimum absolute atomic E-state index is 0.237. The van der Waals surface area contributed by atoms with Crippen molar-refractivity contribution in [1.82, 2.24) is 4.98 Å². The molecule has 0 aliphatic heterocycles. The van der Waals surface area contributed by atoms with Crippen molar-refractivity contribution in [1.29, 1.82) is 0 Å². The zero-order valence-electron chi connectivity index (χ0n) is 9.97. The molecule has 0 fully saturated rings. The molecule has 0 aliphatic rings. The zero-order valence-corrected chi connectivity index (χ0v) is 11.6. The minimum atomic E-state index is 0.237. The highest BCUT2D eigenvalue weighted by Crippen LogP contribution is 2.24. The molecule has 0 atom stereocenters. The van der Waals surface area contributed by atoms with Crippen molar-refractivity contribution >= 4 is 22.1 Å². The average Bonchev–Trinajstić information content (AvgIpc) is 2.37. The molecule has 0 amide bonds. The predicted octanol–water partition coefficient (Wildman–Crippen LogP) is 3.48. The van der Waals surface area contributed by atoms with E-state index in [0.29, 0.717) is 12.1 Å². The fourth-order valence-electron chi connectivity index (χ4n) is 1.51. The van der Waals surface area contributed by atoms with Crippen LogP contribution in [-0.2, 0) is 6.54 Å². The summed E-state index contributed by atoms with van der Waals surface area (Å²) in [5.74, 6) is 0.237. The summed E-state index contributed by atoms with van der Waals surface area (Å²) in [7, 11) is 0. The normalized spacial score (nSPS) is 11.0. The van der Waals surface area contributed by atoms with Crippen LogP contribution in [-0.4, -0.2) is 16.3 Å². The van der Waals surface area contributed by atoms with Crippen LogP contribution in [0.1, 0.15) is 16.8 Å². The van der Waals surface area contributed by atoms with E-state index in [-0.39, 0.29) is 5.75 Å². The van der Waals surface area contributed by atoms with E-state index in [1.807, 2.05) is 31.2 Å². The Labute approximate surface area is 114 Å². The quantitative estimate of drug-likeness (QED) is 0.882. The first-order chi connectivity index (χ1) is 8.66. The lowest BCUT2D eigenvalue weighted by molar-refractivity contribution is 0.474. The van der Waals surface area contributed by atoms with Gasteiger partial charge in [0.05, 0.1) is 12.2 Å². The monoisotopic (exact) mass is 304 g/mol. The number of aromatic nitrogens is 1. The molecule has 1 aromatic carbocycles. The number of nitrogens with zero attached hydrogens (tertiary/aromatic N) is 2. The van der Waals surface area contributed by atoms with E-state index in [9.17, 15) is 5.11 Å². The van der Waals surface area contributed by atoms with Crippen LogP contribution in [0.4, 0.5) is 0 Å². The fourth-order valence-corrected chi connectivity index (χ4v) is 1.88. The first-order valence-electron chi connectivity index (χ1n) is 5.55. The molecular formula is C14H13BrN2O. The number of rotatable bonds is 3. The van der Waals surface area contributed by atoms with E-state index in [0.717, 1.165) is 15.7 Å². The second kappa shape index (κ2) is 5.78. The van der Waals surface area contributed by atoms with Gasteiger partial charge in [-0.25, -0.2) is 0 Å². The standard InChI is InChI=1S/C14H13BrN2O/c1-10-6-14(18)11(7-13(10)15)8-16-9-12-4-2-3-5-17-12/h2-8,18H,9H2,1H3. The van der Waals surface area contributed by atoms with Crippen molar-refractivity contribution in [2.75, 3.05) is 0 Å². The highest BCUT2D eigenvalue weighted by molar-refractivity contribution is 9.10. The topological polar surface area (TPSA) is 45.5 Å². The molecule has 0 spiro atoms. The molecule has 2 rings (SSSR count). The lowest BCUT2D eigenvalue weighted by atomic mass is 10.1. The maximum Gasteiger partial charge on any atom is 0.124 e. The summed E-state index contributed by atoms with van der Waals surface area (Å²) in [6.07, 6.45) is 3.40. The van der Waals surface area contributed by atoms with E-state index in [4.69, 9.17) is 0 Å². The van der Waals surface area contributed by atoms with Crippen LogP contribution in [0.25, 0.3) is 0 Å². The Morgan fingerprint density at radius 1 is 1.39 bits per heavy atom. The van der Waals surface area contributed by atoms with Crippen molar-refractivity contribution in [3.05, 3.63) is 57.8 Å². The van der Waals surface area contributed by atoms with Gasteiger partial charge in [-0.2, -0.15) is 0 Å². The van der Waals surface area contributed by atoms with Gasteiger partial charge in [-0.05, 0) is 36.8 Å². The van der Waals surface area contributed by atoms with Gasteiger partial charge in [-0.3, -0.25) is 9.98 Å². The van der Waals surface area contributed by atoms with Gasteiger partial charge in [0.25, 0.3) is 0 Å². The largest absolute Gasteiger partial charge is 0.507 e. The fraction of sp³-hybridized carbons (Fsp3) is 0.143. The van der Waals surface area contributed by atoms with E-state index >= 15 is 0 Å². The molecule has 0 saturated heterocycles. The van der Waals surface area contributed by atoms with Crippen LogP contribution >= 0.6 is 15.9 Å². The van der Waals surface area contributed by atoms with Gasteiger partial charge in [-0.1, -0.05) is 22.0 Å². The van der Waals surface area contributed by atoms with Crippen molar-refractivity contribution in [3.63, 3.8) is 0 Å². The summed E-state index contributed by atoms with van der Waals surface area (Å²) >= 11 is 3.43. The predicted molar refractivity (Wildman–Crippen MR) is 76.1 cm³/mol. The van der Waals surface area contributed by atoms with Crippen molar-refractivity contribution in [2.45, 2.75) is 13.5 Å². The number of aliphatic imine (C=N–C) groups is 1. The van der Waals surface area contributed by atoms with Gasteiger partial charge in [-0.15, -0.1) is 0 Å². The maximum absolute atomic E-state index is 9.79.